The van der Waals surface area contributed by atoms with Crippen molar-refractivity contribution < 1.29 is 19.1 Å². The minimum absolute atomic E-state index is 0.135. The van der Waals surface area contributed by atoms with E-state index in [1.165, 1.54) is 0 Å². The maximum Gasteiger partial charge on any atom is 0.407 e. The van der Waals surface area contributed by atoms with Crippen LogP contribution in [-0.2, 0) is 16.1 Å². The highest BCUT2D eigenvalue weighted by atomic mass is 16.6. The van der Waals surface area contributed by atoms with Crippen molar-refractivity contribution in [1.29, 1.82) is 0 Å². The van der Waals surface area contributed by atoms with Crippen molar-refractivity contribution in [3.8, 4) is 0 Å². The Hall–Kier alpha value is -2.24. The molecule has 0 saturated heterocycles. The first-order valence-corrected chi connectivity index (χ1v) is 8.30. The van der Waals surface area contributed by atoms with Crippen molar-refractivity contribution in [3.05, 3.63) is 35.9 Å². The van der Waals surface area contributed by atoms with E-state index < -0.39 is 17.8 Å². The van der Waals surface area contributed by atoms with Gasteiger partial charge in [0.05, 0.1) is 12.1 Å². The molecule has 6 heteroatoms. The van der Waals surface area contributed by atoms with Crippen molar-refractivity contribution in [2.45, 2.75) is 64.3 Å². The van der Waals surface area contributed by atoms with Crippen molar-refractivity contribution >= 4 is 12.2 Å². The molecule has 0 spiro atoms. The van der Waals surface area contributed by atoms with Crippen molar-refractivity contribution in [1.82, 2.24) is 10.6 Å². The smallest absolute Gasteiger partial charge is 0.407 e. The Balaban J connectivity index is 1.78. The molecule has 0 radical (unpaired) electrons. The zero-order valence-corrected chi connectivity index (χ0v) is 14.5. The third-order valence-corrected chi connectivity index (χ3v) is 3.73. The quantitative estimate of drug-likeness (QED) is 0.885. The minimum Gasteiger partial charge on any atom is -0.445 e. The van der Waals surface area contributed by atoms with Crippen LogP contribution in [0, 0.1) is 0 Å². The molecule has 2 atom stereocenters. The van der Waals surface area contributed by atoms with Crippen LogP contribution in [0.5, 0.6) is 0 Å². The molecule has 1 saturated carbocycles. The summed E-state index contributed by atoms with van der Waals surface area (Å²) < 4.78 is 10.5. The first kappa shape index (κ1) is 18.1. The Morgan fingerprint density at radius 1 is 1.04 bits per heavy atom. The Bertz CT molecular complexity index is 554. The number of amides is 2. The number of benzene rings is 1. The van der Waals surface area contributed by atoms with Crippen LogP contribution in [-0.4, -0.2) is 29.9 Å². The topological polar surface area (TPSA) is 76.7 Å². The summed E-state index contributed by atoms with van der Waals surface area (Å²) in [5.74, 6) is 0. The molecule has 0 unspecified atom stereocenters. The SMILES string of the molecule is CC(C)(C)OC(=O)N[C@@H]1CCC[C@H]1NC(=O)OCc1ccccc1. The highest BCUT2D eigenvalue weighted by molar-refractivity contribution is 5.70. The second-order valence-corrected chi connectivity index (χ2v) is 7.00. The van der Waals surface area contributed by atoms with E-state index in [1.54, 1.807) is 0 Å². The fourth-order valence-electron chi connectivity index (χ4n) is 2.68. The summed E-state index contributed by atoms with van der Waals surface area (Å²) in [4.78, 5) is 23.8. The van der Waals surface area contributed by atoms with Gasteiger partial charge >= 0.3 is 12.2 Å². The first-order chi connectivity index (χ1) is 11.3. The summed E-state index contributed by atoms with van der Waals surface area (Å²) in [5.41, 5.74) is 0.391. The van der Waals surface area contributed by atoms with E-state index in [-0.39, 0.29) is 18.7 Å². The zero-order chi connectivity index (χ0) is 17.6. The maximum atomic E-state index is 12.0. The molecule has 1 aliphatic rings. The van der Waals surface area contributed by atoms with Crippen molar-refractivity contribution in [3.63, 3.8) is 0 Å². The molecule has 2 N–H and O–H groups in total. The van der Waals surface area contributed by atoms with E-state index >= 15 is 0 Å². The predicted molar refractivity (Wildman–Crippen MR) is 90.6 cm³/mol. The second-order valence-electron chi connectivity index (χ2n) is 7.00. The van der Waals surface area contributed by atoms with Gasteiger partial charge < -0.3 is 20.1 Å². The minimum atomic E-state index is -0.541. The van der Waals surface area contributed by atoms with E-state index in [0.29, 0.717) is 0 Å². The van der Waals surface area contributed by atoms with Crippen molar-refractivity contribution in [2.24, 2.45) is 0 Å². The molecular weight excluding hydrogens is 308 g/mol. The van der Waals surface area contributed by atoms with E-state index in [2.05, 4.69) is 10.6 Å². The molecule has 0 bridgehead atoms. The van der Waals surface area contributed by atoms with Crippen LogP contribution >= 0.6 is 0 Å². The van der Waals surface area contributed by atoms with Crippen molar-refractivity contribution in [2.75, 3.05) is 0 Å². The summed E-state index contributed by atoms with van der Waals surface area (Å²) in [6.45, 7) is 5.68. The average Bonchev–Trinajstić information content (AvgIpc) is 2.91. The third-order valence-electron chi connectivity index (χ3n) is 3.73. The lowest BCUT2D eigenvalue weighted by atomic mass is 10.2. The standard InChI is InChI=1S/C18H26N2O4/c1-18(2,3)24-17(22)20-15-11-7-10-14(15)19-16(21)23-12-13-8-5-4-6-9-13/h4-6,8-9,14-15H,7,10-12H2,1-3H3,(H,19,21)(H,20,22)/t14-,15-/m1/s1. The van der Waals surface area contributed by atoms with Crippen LogP contribution in [0.1, 0.15) is 45.6 Å². The Labute approximate surface area is 142 Å². The van der Waals surface area contributed by atoms with Crippen LogP contribution in [0.25, 0.3) is 0 Å². The van der Waals surface area contributed by atoms with Gasteiger partial charge in [0.2, 0.25) is 0 Å². The number of hydrogen-bond acceptors (Lipinski definition) is 4. The number of nitrogens with one attached hydrogen (secondary N) is 2. The monoisotopic (exact) mass is 334 g/mol. The van der Waals surface area contributed by atoms with Gasteiger partial charge in [0, 0.05) is 0 Å². The van der Waals surface area contributed by atoms with E-state index in [0.717, 1.165) is 24.8 Å². The Morgan fingerprint density at radius 2 is 1.62 bits per heavy atom. The molecular formula is C18H26N2O4. The summed E-state index contributed by atoms with van der Waals surface area (Å²) >= 11 is 0. The Morgan fingerprint density at radius 3 is 2.21 bits per heavy atom. The fraction of sp³-hybridized carbons (Fsp3) is 0.556. The van der Waals surface area contributed by atoms with Crippen LogP contribution in [0.3, 0.4) is 0 Å². The molecule has 132 valence electrons. The second kappa shape index (κ2) is 8.04. The van der Waals surface area contributed by atoms with Gasteiger partial charge in [-0.3, -0.25) is 0 Å². The number of carbonyl (C=O) groups is 2. The van der Waals surface area contributed by atoms with E-state index in [4.69, 9.17) is 9.47 Å². The van der Waals surface area contributed by atoms with Gasteiger partial charge in [-0.15, -0.1) is 0 Å². The molecule has 0 aliphatic heterocycles. The fourth-order valence-corrected chi connectivity index (χ4v) is 2.68. The Kier molecular flexibility index (Phi) is 6.06. The summed E-state index contributed by atoms with van der Waals surface area (Å²) in [6.07, 6.45) is 1.62. The molecule has 0 heterocycles. The van der Waals surface area contributed by atoms with Gasteiger partial charge in [-0.2, -0.15) is 0 Å². The molecule has 1 fully saturated rings. The lowest BCUT2D eigenvalue weighted by Crippen LogP contribution is -2.49. The third kappa shape index (κ3) is 6.10. The molecule has 2 amide bonds. The first-order valence-electron chi connectivity index (χ1n) is 8.30. The lowest BCUT2D eigenvalue weighted by Gasteiger charge is -2.25. The summed E-state index contributed by atoms with van der Waals surface area (Å²) in [6, 6.07) is 9.23. The summed E-state index contributed by atoms with van der Waals surface area (Å²) in [5, 5.41) is 5.67. The number of rotatable bonds is 4. The predicted octanol–water partition coefficient (Wildman–Crippen LogP) is 3.36. The van der Waals surface area contributed by atoms with Crippen LogP contribution in [0.15, 0.2) is 30.3 Å². The molecule has 1 aromatic rings. The largest absolute Gasteiger partial charge is 0.445 e. The van der Waals surface area contributed by atoms with Gasteiger partial charge in [0.15, 0.2) is 0 Å². The van der Waals surface area contributed by atoms with Gasteiger partial charge in [-0.05, 0) is 45.6 Å². The van der Waals surface area contributed by atoms with Crippen LogP contribution < -0.4 is 10.6 Å². The molecule has 6 nitrogen and oxygen atoms in total. The molecule has 2 rings (SSSR count). The summed E-state index contributed by atoms with van der Waals surface area (Å²) in [7, 11) is 0. The van der Waals surface area contributed by atoms with Gasteiger partial charge in [-0.25, -0.2) is 9.59 Å². The maximum absolute atomic E-state index is 12.0. The highest BCUT2D eigenvalue weighted by Crippen LogP contribution is 2.20. The average molecular weight is 334 g/mol. The molecule has 0 aromatic heterocycles. The highest BCUT2D eigenvalue weighted by Gasteiger charge is 2.31. The molecule has 1 aliphatic carbocycles. The van der Waals surface area contributed by atoms with Gasteiger partial charge in [0.25, 0.3) is 0 Å². The number of ether oxygens (including phenoxy) is 2. The van der Waals surface area contributed by atoms with E-state index in [9.17, 15) is 9.59 Å². The van der Waals surface area contributed by atoms with Crippen LogP contribution in [0.4, 0.5) is 9.59 Å². The van der Waals surface area contributed by atoms with Gasteiger partial charge in [0.1, 0.15) is 12.2 Å². The van der Waals surface area contributed by atoms with E-state index in [1.807, 2.05) is 51.1 Å². The number of alkyl carbamates (subject to hydrolysis) is 2. The van der Waals surface area contributed by atoms with Gasteiger partial charge in [-0.1, -0.05) is 30.3 Å². The molecule has 24 heavy (non-hydrogen) atoms. The number of hydrogen-bond donors (Lipinski definition) is 2. The molecule has 1 aromatic carbocycles. The normalized spacial score (nSPS) is 20.3. The lowest BCUT2D eigenvalue weighted by molar-refractivity contribution is 0.0495. The zero-order valence-electron chi connectivity index (χ0n) is 14.5. The van der Waals surface area contributed by atoms with Crippen LogP contribution in [0.2, 0.25) is 0 Å². The number of carbonyl (C=O) groups excluding carboxylic acids is 2.